The molecule has 0 amide bonds. The number of para-hydroxylation sites is 1. The van der Waals surface area contributed by atoms with Crippen molar-refractivity contribution in [1.82, 2.24) is 5.32 Å². The highest BCUT2D eigenvalue weighted by Gasteiger charge is 2.16. The Labute approximate surface area is 124 Å². The van der Waals surface area contributed by atoms with Crippen molar-refractivity contribution in [3.05, 3.63) is 29.8 Å². The van der Waals surface area contributed by atoms with Gasteiger partial charge >= 0.3 is 5.97 Å². The molecule has 2 N–H and O–H groups in total. The lowest BCUT2D eigenvalue weighted by molar-refractivity contribution is -0.139. The molecule has 5 heteroatoms. The summed E-state index contributed by atoms with van der Waals surface area (Å²) in [4.78, 5) is 11.2. The van der Waals surface area contributed by atoms with Gasteiger partial charge in [-0.2, -0.15) is 11.8 Å². The second kappa shape index (κ2) is 8.87. The zero-order valence-corrected chi connectivity index (χ0v) is 13.1. The molecule has 112 valence electrons. The SMILES string of the molecule is CSCC[C@@H](NCc1ccccc1OC(C)C)C(=O)O. The van der Waals surface area contributed by atoms with Crippen LogP contribution in [0.25, 0.3) is 0 Å². The van der Waals surface area contributed by atoms with E-state index in [4.69, 9.17) is 4.74 Å². The molecule has 0 unspecified atom stereocenters. The summed E-state index contributed by atoms with van der Waals surface area (Å²) in [5, 5.41) is 12.3. The Morgan fingerprint density at radius 3 is 2.70 bits per heavy atom. The standard InChI is InChI=1S/C15H23NO3S/c1-11(2)19-14-7-5-4-6-12(14)10-16-13(15(17)18)8-9-20-3/h4-7,11,13,16H,8-10H2,1-3H3,(H,17,18)/t13-/m1/s1. The molecule has 4 nitrogen and oxygen atoms in total. The van der Waals surface area contributed by atoms with Crippen LogP contribution in [0, 0.1) is 0 Å². The van der Waals surface area contributed by atoms with Crippen LogP contribution in [-0.2, 0) is 11.3 Å². The van der Waals surface area contributed by atoms with Gasteiger partial charge < -0.3 is 15.2 Å². The molecular formula is C15H23NO3S. The van der Waals surface area contributed by atoms with Crippen LogP contribution in [0.5, 0.6) is 5.75 Å². The molecule has 0 bridgehead atoms. The van der Waals surface area contributed by atoms with Gasteiger partial charge in [0.25, 0.3) is 0 Å². The molecule has 0 fully saturated rings. The van der Waals surface area contributed by atoms with Gasteiger partial charge in [0.2, 0.25) is 0 Å². The van der Waals surface area contributed by atoms with E-state index >= 15 is 0 Å². The zero-order valence-electron chi connectivity index (χ0n) is 12.3. The van der Waals surface area contributed by atoms with Crippen LogP contribution >= 0.6 is 11.8 Å². The number of carboxylic acids is 1. The van der Waals surface area contributed by atoms with E-state index in [0.717, 1.165) is 17.1 Å². The molecule has 0 spiro atoms. The second-order valence-corrected chi connectivity index (χ2v) is 5.81. The minimum atomic E-state index is -0.804. The summed E-state index contributed by atoms with van der Waals surface area (Å²) in [7, 11) is 0. The van der Waals surface area contributed by atoms with Crippen LogP contribution in [0.3, 0.4) is 0 Å². The van der Waals surface area contributed by atoms with Gasteiger partial charge in [0.1, 0.15) is 11.8 Å². The predicted molar refractivity (Wildman–Crippen MR) is 83.5 cm³/mol. The average molecular weight is 297 g/mol. The first-order chi connectivity index (χ1) is 9.54. The molecule has 0 saturated carbocycles. The maximum atomic E-state index is 11.2. The van der Waals surface area contributed by atoms with E-state index < -0.39 is 12.0 Å². The van der Waals surface area contributed by atoms with E-state index in [0.29, 0.717) is 13.0 Å². The highest BCUT2D eigenvalue weighted by atomic mass is 32.2. The number of ether oxygens (including phenoxy) is 1. The summed E-state index contributed by atoms with van der Waals surface area (Å²) >= 11 is 1.65. The number of hydrogen-bond donors (Lipinski definition) is 2. The first-order valence-electron chi connectivity index (χ1n) is 6.74. The molecule has 20 heavy (non-hydrogen) atoms. The topological polar surface area (TPSA) is 58.6 Å². The quantitative estimate of drug-likeness (QED) is 0.734. The first-order valence-corrected chi connectivity index (χ1v) is 8.13. The summed E-state index contributed by atoms with van der Waals surface area (Å²) < 4.78 is 5.73. The minimum absolute atomic E-state index is 0.0999. The number of benzene rings is 1. The Bertz CT molecular complexity index is 423. The maximum absolute atomic E-state index is 11.2. The Morgan fingerprint density at radius 2 is 2.10 bits per heavy atom. The molecule has 0 aliphatic rings. The van der Waals surface area contributed by atoms with E-state index in [1.54, 1.807) is 11.8 Å². The molecule has 1 aromatic rings. The molecule has 0 heterocycles. The van der Waals surface area contributed by atoms with Gasteiger partial charge in [0.15, 0.2) is 0 Å². The van der Waals surface area contributed by atoms with Gasteiger partial charge in [-0.1, -0.05) is 18.2 Å². The summed E-state index contributed by atoms with van der Waals surface area (Å²) in [6.45, 7) is 4.44. The van der Waals surface area contributed by atoms with E-state index in [1.165, 1.54) is 0 Å². The van der Waals surface area contributed by atoms with Crippen LogP contribution < -0.4 is 10.1 Å². The average Bonchev–Trinajstić information content (AvgIpc) is 2.39. The highest BCUT2D eigenvalue weighted by molar-refractivity contribution is 7.98. The zero-order chi connectivity index (χ0) is 15.0. The van der Waals surface area contributed by atoms with Gasteiger partial charge in [-0.15, -0.1) is 0 Å². The summed E-state index contributed by atoms with van der Waals surface area (Å²) in [6.07, 6.45) is 2.69. The number of thioether (sulfide) groups is 1. The smallest absolute Gasteiger partial charge is 0.320 e. The van der Waals surface area contributed by atoms with Crippen molar-refractivity contribution in [2.24, 2.45) is 0 Å². The maximum Gasteiger partial charge on any atom is 0.320 e. The Hall–Kier alpha value is -1.20. The van der Waals surface area contributed by atoms with Crippen molar-refractivity contribution in [3.8, 4) is 5.75 Å². The van der Waals surface area contributed by atoms with Crippen molar-refractivity contribution in [1.29, 1.82) is 0 Å². The summed E-state index contributed by atoms with van der Waals surface area (Å²) in [6, 6.07) is 7.20. The van der Waals surface area contributed by atoms with Crippen LogP contribution in [0.1, 0.15) is 25.8 Å². The van der Waals surface area contributed by atoms with Gasteiger partial charge in [-0.25, -0.2) is 0 Å². The normalized spacial score (nSPS) is 12.4. The third-order valence-corrected chi connectivity index (χ3v) is 3.43. The number of rotatable bonds is 9. The lowest BCUT2D eigenvalue weighted by atomic mass is 10.1. The molecule has 0 saturated heterocycles. The van der Waals surface area contributed by atoms with Crippen LogP contribution in [0.4, 0.5) is 0 Å². The first kappa shape index (κ1) is 16.9. The monoisotopic (exact) mass is 297 g/mol. The number of carboxylic acid groups (broad SMARTS) is 1. The third-order valence-electron chi connectivity index (χ3n) is 2.78. The fourth-order valence-corrected chi connectivity index (χ4v) is 2.27. The van der Waals surface area contributed by atoms with E-state index in [1.807, 2.05) is 44.4 Å². The minimum Gasteiger partial charge on any atom is -0.491 e. The van der Waals surface area contributed by atoms with Gasteiger partial charge in [-0.05, 0) is 38.3 Å². The van der Waals surface area contributed by atoms with Crippen molar-refractivity contribution < 1.29 is 14.6 Å². The molecule has 0 radical (unpaired) electrons. The molecule has 0 aromatic heterocycles. The van der Waals surface area contributed by atoms with Gasteiger partial charge in [0, 0.05) is 12.1 Å². The number of aliphatic carboxylic acids is 1. The van der Waals surface area contributed by atoms with E-state index in [-0.39, 0.29) is 6.10 Å². The molecule has 0 aliphatic heterocycles. The van der Waals surface area contributed by atoms with Crippen LogP contribution in [0.15, 0.2) is 24.3 Å². The lowest BCUT2D eigenvalue weighted by Gasteiger charge is -2.17. The van der Waals surface area contributed by atoms with Crippen molar-refractivity contribution in [2.45, 2.75) is 39.0 Å². The van der Waals surface area contributed by atoms with Crippen LogP contribution in [-0.4, -0.2) is 35.2 Å². The predicted octanol–water partition coefficient (Wildman–Crippen LogP) is 2.77. The Balaban J connectivity index is 2.65. The van der Waals surface area contributed by atoms with Crippen molar-refractivity contribution in [2.75, 3.05) is 12.0 Å². The van der Waals surface area contributed by atoms with Gasteiger partial charge in [-0.3, -0.25) is 4.79 Å². The summed E-state index contributed by atoms with van der Waals surface area (Å²) in [5.74, 6) is 0.832. The molecule has 1 atom stereocenters. The molecule has 1 aromatic carbocycles. The number of carbonyl (C=O) groups is 1. The second-order valence-electron chi connectivity index (χ2n) is 4.83. The number of hydrogen-bond acceptors (Lipinski definition) is 4. The molecule has 1 rings (SSSR count). The van der Waals surface area contributed by atoms with Crippen molar-refractivity contribution in [3.63, 3.8) is 0 Å². The fourth-order valence-electron chi connectivity index (χ4n) is 1.80. The summed E-state index contributed by atoms with van der Waals surface area (Å²) in [5.41, 5.74) is 0.983. The van der Waals surface area contributed by atoms with Gasteiger partial charge in [0.05, 0.1) is 6.10 Å². The van der Waals surface area contributed by atoms with E-state index in [2.05, 4.69) is 5.32 Å². The Morgan fingerprint density at radius 1 is 1.40 bits per heavy atom. The number of nitrogens with one attached hydrogen (secondary N) is 1. The van der Waals surface area contributed by atoms with Crippen LogP contribution in [0.2, 0.25) is 0 Å². The largest absolute Gasteiger partial charge is 0.491 e. The Kier molecular flexibility index (Phi) is 7.47. The third kappa shape index (κ3) is 5.84. The lowest BCUT2D eigenvalue weighted by Crippen LogP contribution is -2.36. The molecular weight excluding hydrogens is 274 g/mol. The van der Waals surface area contributed by atoms with E-state index in [9.17, 15) is 9.90 Å². The highest BCUT2D eigenvalue weighted by Crippen LogP contribution is 2.19. The van der Waals surface area contributed by atoms with Crippen molar-refractivity contribution >= 4 is 17.7 Å². The fraction of sp³-hybridized carbons (Fsp3) is 0.533. The molecule has 0 aliphatic carbocycles.